The Bertz CT molecular complexity index is 49.5. The summed E-state index contributed by atoms with van der Waals surface area (Å²) in [5.74, 6) is -0.318. The van der Waals surface area contributed by atoms with Crippen LogP contribution < -0.4 is 0 Å². The van der Waals surface area contributed by atoms with E-state index in [0.717, 1.165) is 0 Å². The maximum Gasteiger partial charge on any atom is 0.282 e. The molecule has 2 radical (unpaired) electrons. The number of carbonyl (C=O) groups excluding carboxylic acids is 1. The first-order valence-corrected chi connectivity index (χ1v) is 2.39. The maximum atomic E-state index is 9.87. The standard InChI is InChI=1S/C2H5BO2Si/c3-1-2(4)5-6/h1H2,6H3. The van der Waals surface area contributed by atoms with Crippen molar-refractivity contribution >= 4 is 24.3 Å². The fourth-order valence-corrected chi connectivity index (χ4v) is 0.250. The third-order valence-corrected chi connectivity index (χ3v) is 0.850. The van der Waals surface area contributed by atoms with E-state index >= 15 is 0 Å². The highest BCUT2D eigenvalue weighted by atomic mass is 28.2. The molecule has 2 nitrogen and oxygen atoms in total. The van der Waals surface area contributed by atoms with E-state index < -0.39 is 0 Å². The molecule has 6 heavy (non-hydrogen) atoms. The van der Waals surface area contributed by atoms with Gasteiger partial charge in [0.2, 0.25) is 10.5 Å². The molecule has 32 valence electrons. The van der Waals surface area contributed by atoms with Gasteiger partial charge >= 0.3 is 0 Å². The van der Waals surface area contributed by atoms with Crippen LogP contribution in [-0.2, 0) is 9.22 Å². The summed E-state index contributed by atoms with van der Waals surface area (Å²) in [6.07, 6.45) is 0.00347. The summed E-state index contributed by atoms with van der Waals surface area (Å²) in [5.41, 5.74) is 0. The Morgan fingerprint density at radius 1 is 2.00 bits per heavy atom. The van der Waals surface area contributed by atoms with Crippen LogP contribution in [0.4, 0.5) is 0 Å². The summed E-state index contributed by atoms with van der Waals surface area (Å²) < 4.78 is 4.27. The van der Waals surface area contributed by atoms with Gasteiger partial charge in [-0.2, -0.15) is 0 Å². The summed E-state index contributed by atoms with van der Waals surface area (Å²) in [6.45, 7) is 0. The molecule has 0 amide bonds. The minimum absolute atomic E-state index is 0.00347. The summed E-state index contributed by atoms with van der Waals surface area (Å²) in [5, 5.41) is 0. The molecular weight excluding hydrogens is 94.9 g/mol. The predicted octanol–water partition coefficient (Wildman–Crippen LogP) is -1.60. The maximum absolute atomic E-state index is 9.87. The van der Waals surface area contributed by atoms with Crippen LogP contribution in [0.1, 0.15) is 0 Å². The van der Waals surface area contributed by atoms with Gasteiger partial charge < -0.3 is 4.43 Å². The quantitative estimate of drug-likeness (QED) is 0.371. The first-order chi connectivity index (χ1) is 2.81. The van der Waals surface area contributed by atoms with Gasteiger partial charge in [-0.3, -0.25) is 4.79 Å². The average molecular weight is 100.0 g/mol. The van der Waals surface area contributed by atoms with Crippen LogP contribution >= 0.6 is 0 Å². The molecule has 0 aliphatic rings. The molecule has 0 aliphatic heterocycles. The van der Waals surface area contributed by atoms with Crippen molar-refractivity contribution in [2.24, 2.45) is 0 Å². The Balaban J connectivity index is 2.99. The van der Waals surface area contributed by atoms with Crippen molar-refractivity contribution in [3.8, 4) is 0 Å². The van der Waals surface area contributed by atoms with Gasteiger partial charge in [0, 0.05) is 6.32 Å². The van der Waals surface area contributed by atoms with Crippen LogP contribution in [0.2, 0.25) is 6.32 Å². The monoisotopic (exact) mass is 100 g/mol. The number of carbonyl (C=O) groups is 1. The largest absolute Gasteiger partial charge is 0.529 e. The van der Waals surface area contributed by atoms with Crippen molar-refractivity contribution in [2.45, 2.75) is 6.32 Å². The van der Waals surface area contributed by atoms with Crippen molar-refractivity contribution in [1.29, 1.82) is 0 Å². The number of hydrogen-bond donors (Lipinski definition) is 0. The van der Waals surface area contributed by atoms with E-state index in [4.69, 9.17) is 7.85 Å². The van der Waals surface area contributed by atoms with Crippen LogP contribution in [0, 0.1) is 0 Å². The predicted molar refractivity (Wildman–Crippen MR) is 26.6 cm³/mol. The minimum Gasteiger partial charge on any atom is -0.529 e. The van der Waals surface area contributed by atoms with E-state index in [2.05, 4.69) is 4.43 Å². The molecule has 0 saturated heterocycles. The fourth-order valence-electron chi connectivity index (χ4n) is 0.0833. The first-order valence-electron chi connectivity index (χ1n) is 1.58. The number of hydrogen-bond acceptors (Lipinski definition) is 2. The Morgan fingerprint density at radius 2 is 2.50 bits per heavy atom. The van der Waals surface area contributed by atoms with E-state index in [1.54, 1.807) is 0 Å². The lowest BCUT2D eigenvalue weighted by atomic mass is 10.1. The second-order valence-electron chi connectivity index (χ2n) is 0.780. The van der Waals surface area contributed by atoms with E-state index in [0.29, 0.717) is 10.5 Å². The molecule has 0 aromatic rings. The van der Waals surface area contributed by atoms with E-state index in [9.17, 15) is 4.79 Å². The zero-order chi connectivity index (χ0) is 4.99. The van der Waals surface area contributed by atoms with Gasteiger partial charge in [-0.05, 0) is 0 Å². The van der Waals surface area contributed by atoms with E-state index in [1.165, 1.54) is 0 Å². The molecule has 0 rings (SSSR count). The molecule has 0 fully saturated rings. The van der Waals surface area contributed by atoms with Crippen LogP contribution in [0.3, 0.4) is 0 Å². The SMILES string of the molecule is [B]CC(=O)O[SiH3]. The van der Waals surface area contributed by atoms with Crippen molar-refractivity contribution in [3.05, 3.63) is 0 Å². The lowest BCUT2D eigenvalue weighted by Crippen LogP contribution is -1.97. The minimum atomic E-state index is -0.318. The second-order valence-corrected chi connectivity index (χ2v) is 1.19. The van der Waals surface area contributed by atoms with Gasteiger partial charge in [-0.25, -0.2) is 0 Å². The molecule has 0 spiro atoms. The van der Waals surface area contributed by atoms with Crippen LogP contribution in [0.5, 0.6) is 0 Å². The molecule has 0 heterocycles. The zero-order valence-electron chi connectivity index (χ0n) is 3.60. The Labute approximate surface area is 40.8 Å². The normalized spacial score (nSPS) is 8.00. The van der Waals surface area contributed by atoms with Crippen molar-refractivity contribution < 1.29 is 9.22 Å². The molecule has 0 aliphatic carbocycles. The molecule has 4 heteroatoms. The molecule has 0 N–H and O–H groups in total. The van der Waals surface area contributed by atoms with Crippen molar-refractivity contribution in [3.63, 3.8) is 0 Å². The van der Waals surface area contributed by atoms with Gasteiger partial charge in [-0.1, -0.05) is 0 Å². The highest BCUT2D eigenvalue weighted by Gasteiger charge is 1.86. The van der Waals surface area contributed by atoms with Crippen molar-refractivity contribution in [1.82, 2.24) is 0 Å². The Kier molecular flexibility index (Phi) is 2.84. The van der Waals surface area contributed by atoms with Gasteiger partial charge in [0.1, 0.15) is 0 Å². The molecule has 0 aromatic carbocycles. The van der Waals surface area contributed by atoms with Gasteiger partial charge in [0.25, 0.3) is 5.97 Å². The van der Waals surface area contributed by atoms with Crippen LogP contribution in [-0.4, -0.2) is 24.3 Å². The Hall–Kier alpha value is -0.248. The van der Waals surface area contributed by atoms with Crippen molar-refractivity contribution in [2.75, 3.05) is 0 Å². The lowest BCUT2D eigenvalue weighted by Gasteiger charge is -1.88. The first kappa shape index (κ1) is 5.75. The summed E-state index contributed by atoms with van der Waals surface area (Å²) in [7, 11) is 5.28. The Morgan fingerprint density at radius 3 is 2.50 bits per heavy atom. The average Bonchev–Trinajstić information content (AvgIpc) is 1.65. The summed E-state index contributed by atoms with van der Waals surface area (Å²) in [4.78, 5) is 9.87. The van der Waals surface area contributed by atoms with Gasteiger partial charge in [0.05, 0.1) is 7.85 Å². The topological polar surface area (TPSA) is 26.3 Å². The zero-order valence-corrected chi connectivity index (χ0v) is 5.60. The third kappa shape index (κ3) is 2.02. The molecule has 0 saturated carbocycles. The highest BCUT2D eigenvalue weighted by Crippen LogP contribution is 1.72. The molecule has 0 unspecified atom stereocenters. The lowest BCUT2D eigenvalue weighted by molar-refractivity contribution is -0.131. The smallest absolute Gasteiger partial charge is 0.282 e. The summed E-state index contributed by atoms with van der Waals surface area (Å²) >= 11 is 0. The number of rotatable bonds is 1. The molecule has 0 bridgehead atoms. The fraction of sp³-hybridized carbons (Fsp3) is 0.500. The van der Waals surface area contributed by atoms with Crippen LogP contribution in [0.15, 0.2) is 0 Å². The molecular formula is C2H5BO2Si. The van der Waals surface area contributed by atoms with Crippen LogP contribution in [0.25, 0.3) is 0 Å². The summed E-state index contributed by atoms with van der Waals surface area (Å²) in [6, 6.07) is 0. The molecule has 0 atom stereocenters. The van der Waals surface area contributed by atoms with E-state index in [1.807, 2.05) is 0 Å². The highest BCUT2D eigenvalue weighted by molar-refractivity contribution is 6.21. The van der Waals surface area contributed by atoms with Gasteiger partial charge in [-0.15, -0.1) is 0 Å². The van der Waals surface area contributed by atoms with Gasteiger partial charge in [0.15, 0.2) is 0 Å². The second kappa shape index (κ2) is 2.96. The third-order valence-electron chi connectivity index (χ3n) is 0.394. The molecule has 0 aromatic heterocycles. The van der Waals surface area contributed by atoms with E-state index in [-0.39, 0.29) is 12.3 Å².